The maximum atomic E-state index is 12.1. The molecule has 0 bridgehead atoms. The van der Waals surface area contributed by atoms with Gasteiger partial charge in [0.2, 0.25) is 11.7 Å². The highest BCUT2D eigenvalue weighted by molar-refractivity contribution is 6.07. The SMILES string of the molecule is CCOC(=O)c1c(C)oc2nc(COC(=O)CN(C)c3ncccn3)nc(N)c12. The Labute approximate surface area is 165 Å². The van der Waals surface area contributed by atoms with Crippen LogP contribution in [-0.2, 0) is 20.9 Å². The molecule has 3 heterocycles. The van der Waals surface area contributed by atoms with E-state index in [-0.39, 0.29) is 48.1 Å². The number of nitrogens with two attached hydrogens (primary N) is 1. The zero-order valence-electron chi connectivity index (χ0n) is 16.2. The van der Waals surface area contributed by atoms with Crippen molar-refractivity contribution in [2.75, 3.05) is 30.8 Å². The smallest absolute Gasteiger partial charge is 0.342 e. The van der Waals surface area contributed by atoms with Crippen molar-refractivity contribution in [3.63, 3.8) is 0 Å². The molecule has 0 fully saturated rings. The Morgan fingerprint density at radius 1 is 1.21 bits per heavy atom. The van der Waals surface area contributed by atoms with E-state index in [0.717, 1.165) is 0 Å². The van der Waals surface area contributed by atoms with Gasteiger partial charge in [0.1, 0.15) is 23.7 Å². The van der Waals surface area contributed by atoms with Gasteiger partial charge in [-0.15, -0.1) is 0 Å². The molecule has 11 nitrogen and oxygen atoms in total. The third-order valence-electron chi connectivity index (χ3n) is 3.90. The summed E-state index contributed by atoms with van der Waals surface area (Å²) in [5.74, 6) is -0.196. The highest BCUT2D eigenvalue weighted by Crippen LogP contribution is 2.29. The fourth-order valence-corrected chi connectivity index (χ4v) is 2.64. The van der Waals surface area contributed by atoms with Gasteiger partial charge in [0.15, 0.2) is 12.4 Å². The van der Waals surface area contributed by atoms with Crippen LogP contribution in [0.4, 0.5) is 11.8 Å². The Morgan fingerprint density at radius 3 is 2.62 bits per heavy atom. The maximum absolute atomic E-state index is 12.1. The normalized spacial score (nSPS) is 10.7. The molecule has 0 aliphatic heterocycles. The number of anilines is 2. The number of aryl methyl sites for hydroxylation is 1. The first-order chi connectivity index (χ1) is 13.9. The van der Waals surface area contributed by atoms with Crippen molar-refractivity contribution in [1.82, 2.24) is 19.9 Å². The van der Waals surface area contributed by atoms with Gasteiger partial charge in [-0.25, -0.2) is 19.7 Å². The number of ether oxygens (including phenoxy) is 2. The van der Waals surface area contributed by atoms with Gasteiger partial charge in [0.25, 0.3) is 0 Å². The van der Waals surface area contributed by atoms with E-state index >= 15 is 0 Å². The summed E-state index contributed by atoms with van der Waals surface area (Å²) in [5, 5.41) is 0.275. The Hall–Kier alpha value is -3.76. The van der Waals surface area contributed by atoms with Gasteiger partial charge in [0.05, 0.1) is 12.0 Å². The molecular weight excluding hydrogens is 380 g/mol. The predicted molar refractivity (Wildman–Crippen MR) is 102 cm³/mol. The molecule has 3 rings (SSSR count). The first kappa shape index (κ1) is 20.0. The quantitative estimate of drug-likeness (QED) is 0.572. The van der Waals surface area contributed by atoms with Crippen molar-refractivity contribution in [1.29, 1.82) is 0 Å². The van der Waals surface area contributed by atoms with Crippen molar-refractivity contribution < 1.29 is 23.5 Å². The number of carbonyl (C=O) groups is 2. The van der Waals surface area contributed by atoms with Crippen LogP contribution in [0.1, 0.15) is 28.9 Å². The van der Waals surface area contributed by atoms with E-state index in [2.05, 4.69) is 19.9 Å². The van der Waals surface area contributed by atoms with Gasteiger partial charge in [-0.1, -0.05) is 0 Å². The average molecular weight is 400 g/mol. The summed E-state index contributed by atoms with van der Waals surface area (Å²) in [6.07, 6.45) is 3.15. The lowest BCUT2D eigenvalue weighted by Crippen LogP contribution is -2.28. The Bertz CT molecular complexity index is 1040. The summed E-state index contributed by atoms with van der Waals surface area (Å²) < 4.78 is 15.7. The van der Waals surface area contributed by atoms with Gasteiger partial charge in [-0.2, -0.15) is 4.98 Å². The minimum atomic E-state index is -0.565. The molecule has 152 valence electrons. The third kappa shape index (κ3) is 4.39. The molecule has 0 atom stereocenters. The van der Waals surface area contributed by atoms with E-state index < -0.39 is 11.9 Å². The van der Waals surface area contributed by atoms with E-state index in [1.807, 2.05) is 0 Å². The molecule has 0 saturated carbocycles. The van der Waals surface area contributed by atoms with Gasteiger partial charge in [-0.05, 0) is 19.9 Å². The van der Waals surface area contributed by atoms with Crippen molar-refractivity contribution in [2.24, 2.45) is 0 Å². The van der Waals surface area contributed by atoms with Gasteiger partial charge in [0, 0.05) is 19.4 Å². The monoisotopic (exact) mass is 400 g/mol. The number of fused-ring (bicyclic) bond motifs is 1. The van der Waals surface area contributed by atoms with Crippen LogP contribution >= 0.6 is 0 Å². The second kappa shape index (κ2) is 8.50. The lowest BCUT2D eigenvalue weighted by atomic mass is 10.2. The second-order valence-corrected chi connectivity index (χ2v) is 6.02. The molecule has 0 amide bonds. The highest BCUT2D eigenvalue weighted by Gasteiger charge is 2.24. The minimum absolute atomic E-state index is 0.0377. The standard InChI is InChI=1S/C18H20N6O5/c1-4-27-17(26)13-10(2)29-16-14(13)15(19)22-11(23-16)9-28-12(25)8-24(3)18-20-6-5-7-21-18/h5-7H,4,8-9H2,1-3H3,(H2,19,22,23). The number of esters is 2. The van der Waals surface area contributed by atoms with E-state index in [1.54, 1.807) is 44.3 Å². The number of hydrogen-bond acceptors (Lipinski definition) is 11. The third-order valence-corrected chi connectivity index (χ3v) is 3.90. The van der Waals surface area contributed by atoms with E-state index in [9.17, 15) is 9.59 Å². The van der Waals surface area contributed by atoms with E-state index in [1.165, 1.54) is 0 Å². The number of nitrogens with zero attached hydrogens (tertiary/aromatic N) is 5. The number of aromatic nitrogens is 4. The minimum Gasteiger partial charge on any atom is -0.462 e. The van der Waals surface area contributed by atoms with Gasteiger partial charge in [-0.3, -0.25) is 4.79 Å². The average Bonchev–Trinajstić information content (AvgIpc) is 3.03. The van der Waals surface area contributed by atoms with Crippen LogP contribution in [0.3, 0.4) is 0 Å². The number of carbonyl (C=O) groups excluding carboxylic acids is 2. The molecule has 2 N–H and O–H groups in total. The van der Waals surface area contributed by atoms with E-state index in [4.69, 9.17) is 19.6 Å². The maximum Gasteiger partial charge on any atom is 0.342 e. The topological polar surface area (TPSA) is 147 Å². The number of hydrogen-bond donors (Lipinski definition) is 1. The molecule has 0 aliphatic carbocycles. The molecule has 11 heteroatoms. The molecule has 29 heavy (non-hydrogen) atoms. The fourth-order valence-electron chi connectivity index (χ4n) is 2.64. The van der Waals surface area contributed by atoms with Gasteiger partial charge >= 0.3 is 11.9 Å². The highest BCUT2D eigenvalue weighted by atomic mass is 16.5. The zero-order valence-corrected chi connectivity index (χ0v) is 16.2. The van der Waals surface area contributed by atoms with Crippen LogP contribution in [0.5, 0.6) is 0 Å². The van der Waals surface area contributed by atoms with Crippen LogP contribution in [0.2, 0.25) is 0 Å². The molecule has 0 aliphatic rings. The van der Waals surface area contributed by atoms with Crippen LogP contribution < -0.4 is 10.6 Å². The van der Waals surface area contributed by atoms with Crippen molar-refractivity contribution in [3.05, 3.63) is 35.6 Å². The molecule has 0 radical (unpaired) electrons. The summed E-state index contributed by atoms with van der Waals surface area (Å²) in [6.45, 7) is 3.24. The lowest BCUT2D eigenvalue weighted by molar-refractivity contribution is -0.143. The predicted octanol–water partition coefficient (Wildman–Crippen LogP) is 1.26. The largest absolute Gasteiger partial charge is 0.462 e. The molecule has 0 aromatic carbocycles. The number of likely N-dealkylation sites (N-methyl/N-ethyl adjacent to an activating group) is 1. The summed E-state index contributed by atoms with van der Waals surface area (Å²) in [5.41, 5.74) is 6.30. The summed E-state index contributed by atoms with van der Waals surface area (Å²) in [4.78, 5) is 42.2. The molecule has 3 aromatic rings. The second-order valence-electron chi connectivity index (χ2n) is 6.02. The summed E-state index contributed by atoms with van der Waals surface area (Å²) >= 11 is 0. The Morgan fingerprint density at radius 2 is 1.93 bits per heavy atom. The van der Waals surface area contributed by atoms with Crippen LogP contribution in [-0.4, -0.2) is 52.1 Å². The first-order valence-electron chi connectivity index (χ1n) is 8.77. The lowest BCUT2D eigenvalue weighted by Gasteiger charge is -2.15. The number of nitrogen functional groups attached to an aromatic ring is 1. The van der Waals surface area contributed by atoms with Crippen molar-refractivity contribution in [2.45, 2.75) is 20.5 Å². The summed E-state index contributed by atoms with van der Waals surface area (Å²) in [7, 11) is 1.67. The fraction of sp³-hybridized carbons (Fsp3) is 0.333. The van der Waals surface area contributed by atoms with Crippen molar-refractivity contribution >= 4 is 34.8 Å². The first-order valence-corrected chi connectivity index (χ1v) is 8.77. The zero-order chi connectivity index (χ0) is 21.0. The van der Waals surface area contributed by atoms with Crippen LogP contribution in [0.25, 0.3) is 11.1 Å². The van der Waals surface area contributed by atoms with Crippen molar-refractivity contribution in [3.8, 4) is 0 Å². The number of rotatable bonds is 7. The van der Waals surface area contributed by atoms with Gasteiger partial charge < -0.3 is 24.5 Å². The number of furan rings is 1. The molecule has 0 saturated heterocycles. The van der Waals surface area contributed by atoms with Crippen LogP contribution in [0, 0.1) is 6.92 Å². The molecule has 0 spiro atoms. The molecular formula is C18H20N6O5. The Kier molecular flexibility index (Phi) is 5.86. The van der Waals surface area contributed by atoms with Crippen LogP contribution in [0.15, 0.2) is 22.9 Å². The molecule has 3 aromatic heterocycles. The summed E-state index contributed by atoms with van der Waals surface area (Å²) in [6, 6.07) is 1.68. The molecule has 0 unspecified atom stereocenters. The van der Waals surface area contributed by atoms with E-state index in [0.29, 0.717) is 11.7 Å². The Balaban J connectivity index is 1.71.